The minimum Gasteiger partial charge on any atom is -0.391 e. The molecule has 6 nitrogen and oxygen atoms in total. The van der Waals surface area contributed by atoms with Gasteiger partial charge in [0, 0.05) is 19.6 Å². The number of nitrogens with zero attached hydrogens (tertiary/aromatic N) is 2. The molecule has 2 N–H and O–H groups in total. The summed E-state index contributed by atoms with van der Waals surface area (Å²) in [7, 11) is 0. The number of anilines is 2. The largest absolute Gasteiger partial charge is 0.391 e. The number of aliphatic hydroxyl groups excluding tert-OH is 1. The molecule has 1 saturated heterocycles. The second-order valence-electron chi connectivity index (χ2n) is 5.10. The van der Waals surface area contributed by atoms with E-state index in [0.29, 0.717) is 24.5 Å². The maximum Gasteiger partial charge on any atom is 0.315 e. The van der Waals surface area contributed by atoms with Crippen molar-refractivity contribution in [3.05, 3.63) is 28.3 Å². The van der Waals surface area contributed by atoms with Crippen molar-refractivity contribution in [1.29, 1.82) is 0 Å². The fourth-order valence-electron chi connectivity index (χ4n) is 2.55. The van der Waals surface area contributed by atoms with E-state index in [-0.39, 0.29) is 10.6 Å². The van der Waals surface area contributed by atoms with E-state index < -0.39 is 6.10 Å². The molecule has 1 aliphatic heterocycles. The van der Waals surface area contributed by atoms with E-state index in [0.717, 1.165) is 25.8 Å². The van der Waals surface area contributed by atoms with Gasteiger partial charge in [0.1, 0.15) is 11.4 Å². The van der Waals surface area contributed by atoms with Crippen molar-refractivity contribution >= 4 is 17.1 Å². The number of nitro groups is 1. The molecule has 1 aromatic rings. The number of β-amino-alcohol motifs (C(OH)–C–C–N with tert-alkyl or cyclic N) is 1. The van der Waals surface area contributed by atoms with Crippen molar-refractivity contribution in [2.75, 3.05) is 29.9 Å². The van der Waals surface area contributed by atoms with Crippen LogP contribution in [0.4, 0.5) is 17.1 Å². The quantitative estimate of drug-likeness (QED) is 0.639. The lowest BCUT2D eigenvalue weighted by Crippen LogP contribution is -2.38. The van der Waals surface area contributed by atoms with Crippen LogP contribution in [0.1, 0.15) is 26.2 Å². The number of hydrogen-bond acceptors (Lipinski definition) is 5. The van der Waals surface area contributed by atoms with E-state index in [9.17, 15) is 15.2 Å². The van der Waals surface area contributed by atoms with Gasteiger partial charge in [0.25, 0.3) is 0 Å². The van der Waals surface area contributed by atoms with Crippen molar-refractivity contribution in [1.82, 2.24) is 0 Å². The highest BCUT2D eigenvalue weighted by molar-refractivity contribution is 5.77. The van der Waals surface area contributed by atoms with Crippen LogP contribution in [0.25, 0.3) is 0 Å². The Balaban J connectivity index is 2.33. The van der Waals surface area contributed by atoms with Crippen LogP contribution in [-0.4, -0.2) is 35.8 Å². The molecule has 0 radical (unpaired) electrons. The number of rotatable bonds is 5. The van der Waals surface area contributed by atoms with Crippen molar-refractivity contribution in [3.63, 3.8) is 0 Å². The highest BCUT2D eigenvalue weighted by atomic mass is 16.6. The molecule has 2 rings (SSSR count). The molecular formula is C14H21N3O3. The van der Waals surface area contributed by atoms with Gasteiger partial charge < -0.3 is 15.3 Å². The van der Waals surface area contributed by atoms with Crippen LogP contribution in [0.5, 0.6) is 0 Å². The molecule has 1 heterocycles. The molecule has 20 heavy (non-hydrogen) atoms. The Kier molecular flexibility index (Phi) is 4.79. The Bertz CT molecular complexity index is 479. The summed E-state index contributed by atoms with van der Waals surface area (Å²) in [6.07, 6.45) is 2.11. The molecule has 0 aromatic heterocycles. The molecule has 1 atom stereocenters. The summed E-state index contributed by atoms with van der Waals surface area (Å²) < 4.78 is 0. The van der Waals surface area contributed by atoms with Gasteiger partial charge in [0.2, 0.25) is 0 Å². The van der Waals surface area contributed by atoms with Crippen LogP contribution in [0.2, 0.25) is 0 Å². The maximum atomic E-state index is 11.4. The van der Waals surface area contributed by atoms with Crippen LogP contribution in [-0.2, 0) is 0 Å². The van der Waals surface area contributed by atoms with Gasteiger partial charge in [-0.05, 0) is 31.4 Å². The molecular weight excluding hydrogens is 258 g/mol. The Labute approximate surface area is 118 Å². The van der Waals surface area contributed by atoms with E-state index in [1.54, 1.807) is 12.1 Å². The molecule has 1 fully saturated rings. The third-order valence-electron chi connectivity index (χ3n) is 3.50. The average molecular weight is 279 g/mol. The summed E-state index contributed by atoms with van der Waals surface area (Å²) in [6.45, 7) is 3.92. The fraction of sp³-hybridized carbons (Fsp3) is 0.571. The average Bonchev–Trinajstić information content (AvgIpc) is 2.44. The van der Waals surface area contributed by atoms with E-state index in [1.165, 1.54) is 0 Å². The molecule has 0 saturated carbocycles. The minimum absolute atomic E-state index is 0.107. The first-order valence-corrected chi connectivity index (χ1v) is 7.07. The topological polar surface area (TPSA) is 78.6 Å². The van der Waals surface area contributed by atoms with Crippen LogP contribution in [0.3, 0.4) is 0 Å². The Morgan fingerprint density at radius 1 is 1.55 bits per heavy atom. The highest BCUT2D eigenvalue weighted by Gasteiger charge is 2.26. The molecule has 0 amide bonds. The van der Waals surface area contributed by atoms with Crippen LogP contribution in [0, 0.1) is 10.1 Å². The number of para-hydroxylation sites is 1. The van der Waals surface area contributed by atoms with Gasteiger partial charge in [0.15, 0.2) is 0 Å². The standard InChI is InChI=1S/C14H21N3O3/c1-2-8-15-12-6-3-7-13(14(12)17(19)20)16-9-4-5-11(18)10-16/h3,6-7,11,15,18H,2,4-5,8-10H2,1H3. The zero-order valence-corrected chi connectivity index (χ0v) is 11.7. The van der Waals surface area contributed by atoms with E-state index in [1.807, 2.05) is 17.9 Å². The van der Waals surface area contributed by atoms with Gasteiger partial charge in [-0.25, -0.2) is 0 Å². The van der Waals surface area contributed by atoms with Gasteiger partial charge in [0.05, 0.1) is 11.0 Å². The van der Waals surface area contributed by atoms with Crippen molar-refractivity contribution in [2.24, 2.45) is 0 Å². The SMILES string of the molecule is CCCNc1cccc(N2CCCC(O)C2)c1[N+](=O)[O-]. The summed E-state index contributed by atoms with van der Waals surface area (Å²) >= 11 is 0. The number of hydrogen-bond donors (Lipinski definition) is 2. The van der Waals surface area contributed by atoms with Crippen molar-refractivity contribution in [2.45, 2.75) is 32.3 Å². The number of nitrogens with one attached hydrogen (secondary N) is 1. The monoisotopic (exact) mass is 279 g/mol. The second-order valence-corrected chi connectivity index (χ2v) is 5.10. The lowest BCUT2D eigenvalue weighted by molar-refractivity contribution is -0.383. The van der Waals surface area contributed by atoms with Crippen LogP contribution < -0.4 is 10.2 Å². The van der Waals surface area contributed by atoms with Gasteiger partial charge in [-0.1, -0.05) is 13.0 Å². The van der Waals surface area contributed by atoms with Crippen molar-refractivity contribution < 1.29 is 10.0 Å². The van der Waals surface area contributed by atoms with Gasteiger partial charge in [-0.15, -0.1) is 0 Å². The van der Waals surface area contributed by atoms with Crippen molar-refractivity contribution in [3.8, 4) is 0 Å². The minimum atomic E-state index is -0.407. The summed E-state index contributed by atoms with van der Waals surface area (Å²) in [5.74, 6) is 0. The third kappa shape index (κ3) is 3.19. The zero-order valence-electron chi connectivity index (χ0n) is 11.7. The van der Waals surface area contributed by atoms with E-state index in [2.05, 4.69) is 5.32 Å². The number of aliphatic hydroxyl groups is 1. The predicted molar refractivity (Wildman–Crippen MR) is 79.3 cm³/mol. The summed E-state index contributed by atoms with van der Waals surface area (Å²) in [6, 6.07) is 5.31. The van der Waals surface area contributed by atoms with Crippen LogP contribution in [0.15, 0.2) is 18.2 Å². The first-order chi connectivity index (χ1) is 9.63. The lowest BCUT2D eigenvalue weighted by atomic mass is 10.1. The number of piperidine rings is 1. The van der Waals surface area contributed by atoms with Gasteiger partial charge in [-0.2, -0.15) is 0 Å². The molecule has 0 bridgehead atoms. The Morgan fingerprint density at radius 3 is 3.00 bits per heavy atom. The molecule has 0 aliphatic carbocycles. The molecule has 0 spiro atoms. The molecule has 1 aromatic carbocycles. The first-order valence-electron chi connectivity index (χ1n) is 7.07. The van der Waals surface area contributed by atoms with E-state index in [4.69, 9.17) is 0 Å². The smallest absolute Gasteiger partial charge is 0.315 e. The lowest BCUT2D eigenvalue weighted by Gasteiger charge is -2.31. The Hall–Kier alpha value is -1.82. The highest BCUT2D eigenvalue weighted by Crippen LogP contribution is 2.36. The predicted octanol–water partition coefficient (Wildman–Crippen LogP) is 2.38. The summed E-state index contributed by atoms with van der Waals surface area (Å²) in [5.41, 5.74) is 1.25. The zero-order chi connectivity index (χ0) is 14.5. The molecule has 1 aliphatic rings. The normalized spacial score (nSPS) is 18.9. The first kappa shape index (κ1) is 14.6. The maximum absolute atomic E-state index is 11.4. The summed E-state index contributed by atoms with van der Waals surface area (Å²) in [5, 5.41) is 24.3. The third-order valence-corrected chi connectivity index (χ3v) is 3.50. The van der Waals surface area contributed by atoms with Gasteiger partial charge >= 0.3 is 5.69 Å². The fourth-order valence-corrected chi connectivity index (χ4v) is 2.55. The second kappa shape index (κ2) is 6.56. The van der Waals surface area contributed by atoms with Crippen LogP contribution >= 0.6 is 0 Å². The molecule has 1 unspecified atom stereocenters. The van der Waals surface area contributed by atoms with Gasteiger partial charge in [-0.3, -0.25) is 10.1 Å². The Morgan fingerprint density at radius 2 is 2.35 bits per heavy atom. The van der Waals surface area contributed by atoms with E-state index >= 15 is 0 Å². The molecule has 6 heteroatoms. The number of benzene rings is 1. The summed E-state index contributed by atoms with van der Waals surface area (Å²) in [4.78, 5) is 13.0. The number of nitro benzene ring substituents is 1. The molecule has 110 valence electrons.